The first kappa shape index (κ1) is 22.1. The van der Waals surface area contributed by atoms with Gasteiger partial charge in [-0.25, -0.2) is 0 Å². The summed E-state index contributed by atoms with van der Waals surface area (Å²) in [6.07, 6.45) is 2.34. The average Bonchev–Trinajstić information content (AvgIpc) is 3.44. The molecule has 9 nitrogen and oxygen atoms in total. The van der Waals surface area contributed by atoms with E-state index in [1.165, 1.54) is 6.26 Å². The van der Waals surface area contributed by atoms with Crippen molar-refractivity contribution in [2.24, 2.45) is 0 Å². The molecule has 0 spiro atoms. The predicted molar refractivity (Wildman–Crippen MR) is 116 cm³/mol. The van der Waals surface area contributed by atoms with Gasteiger partial charge >= 0.3 is 0 Å². The molecule has 0 radical (unpaired) electrons. The van der Waals surface area contributed by atoms with Gasteiger partial charge in [0.2, 0.25) is 5.91 Å². The van der Waals surface area contributed by atoms with E-state index in [0.717, 1.165) is 11.5 Å². The molecule has 0 bridgehead atoms. The molecule has 2 N–H and O–H groups in total. The Labute approximate surface area is 192 Å². The van der Waals surface area contributed by atoms with E-state index in [4.69, 9.17) is 27.6 Å². The summed E-state index contributed by atoms with van der Waals surface area (Å²) >= 11 is 12.9. The fourth-order valence-electron chi connectivity index (χ4n) is 3.89. The smallest absolute Gasteiger partial charge is 0.289 e. The maximum atomic E-state index is 13.5. The van der Waals surface area contributed by atoms with Crippen LogP contribution < -0.4 is 10.6 Å². The lowest BCUT2D eigenvalue weighted by atomic mass is 9.86. The molecule has 0 saturated carbocycles. The van der Waals surface area contributed by atoms with Gasteiger partial charge in [0.25, 0.3) is 11.8 Å². The molecule has 31 heavy (non-hydrogen) atoms. The van der Waals surface area contributed by atoms with Crippen molar-refractivity contribution in [3.05, 3.63) is 39.2 Å². The van der Waals surface area contributed by atoms with Crippen LogP contribution in [0.2, 0.25) is 9.36 Å². The number of nitrogens with one attached hydrogen (secondary N) is 2. The van der Waals surface area contributed by atoms with Crippen molar-refractivity contribution < 1.29 is 18.8 Å². The lowest BCUT2D eigenvalue weighted by molar-refractivity contribution is -0.140. The molecule has 166 valence electrons. The molecule has 12 heteroatoms. The zero-order chi connectivity index (χ0) is 22.0. The van der Waals surface area contributed by atoms with Crippen LogP contribution in [0, 0.1) is 0 Å². The van der Waals surface area contributed by atoms with Crippen LogP contribution in [0.1, 0.15) is 33.9 Å². The molecule has 4 heterocycles. The van der Waals surface area contributed by atoms with Crippen LogP contribution in [-0.4, -0.2) is 76.7 Å². The fourth-order valence-corrected chi connectivity index (χ4v) is 4.89. The lowest BCUT2D eigenvalue weighted by Gasteiger charge is -2.43. The Morgan fingerprint density at radius 2 is 1.81 bits per heavy atom. The Kier molecular flexibility index (Phi) is 6.52. The Morgan fingerprint density at radius 3 is 2.39 bits per heavy atom. The Balaban J connectivity index is 1.45. The van der Waals surface area contributed by atoms with E-state index >= 15 is 0 Å². The van der Waals surface area contributed by atoms with Crippen molar-refractivity contribution in [2.45, 2.75) is 18.4 Å². The Bertz CT molecular complexity index is 966. The van der Waals surface area contributed by atoms with Gasteiger partial charge in [0.05, 0.1) is 6.26 Å². The summed E-state index contributed by atoms with van der Waals surface area (Å²) in [4.78, 5) is 42.2. The van der Waals surface area contributed by atoms with Crippen LogP contribution in [0.5, 0.6) is 0 Å². The predicted octanol–water partition coefficient (Wildman–Crippen LogP) is 1.88. The van der Waals surface area contributed by atoms with Crippen LogP contribution in [0.15, 0.2) is 22.8 Å². The Hall–Kier alpha value is -2.14. The molecule has 0 aliphatic carbocycles. The number of carbonyl (C=O) groups is 3. The SMILES string of the molecule is O=C(NC1(C(=O)N2CCN(C(=O)c3ccco3)CC2)CCNCC1)c1nsc(Cl)c1Cl. The third-order valence-electron chi connectivity index (χ3n) is 5.62. The van der Waals surface area contributed by atoms with Crippen molar-refractivity contribution in [1.82, 2.24) is 24.8 Å². The quantitative estimate of drug-likeness (QED) is 0.684. The van der Waals surface area contributed by atoms with Gasteiger partial charge in [-0.2, -0.15) is 4.37 Å². The summed E-state index contributed by atoms with van der Waals surface area (Å²) in [7, 11) is 0. The second-order valence-corrected chi connectivity index (χ2v) is 9.22. The minimum Gasteiger partial charge on any atom is -0.459 e. The van der Waals surface area contributed by atoms with Crippen molar-refractivity contribution in [3.8, 4) is 0 Å². The first-order valence-corrected chi connectivity index (χ1v) is 11.4. The molecule has 2 aliphatic rings. The lowest BCUT2D eigenvalue weighted by Crippen LogP contribution is -2.65. The van der Waals surface area contributed by atoms with E-state index in [2.05, 4.69) is 15.0 Å². The van der Waals surface area contributed by atoms with E-state index in [0.29, 0.717) is 52.1 Å². The molecule has 4 rings (SSSR count). The first-order chi connectivity index (χ1) is 14.9. The topological polar surface area (TPSA) is 108 Å². The number of piperidine rings is 1. The summed E-state index contributed by atoms with van der Waals surface area (Å²) in [6.45, 7) is 2.71. The average molecular weight is 486 g/mol. The van der Waals surface area contributed by atoms with Gasteiger partial charge in [0.1, 0.15) is 14.9 Å². The highest BCUT2D eigenvalue weighted by molar-refractivity contribution is 7.11. The molecule has 2 aromatic heterocycles. The number of furan rings is 1. The first-order valence-electron chi connectivity index (χ1n) is 9.87. The van der Waals surface area contributed by atoms with Gasteiger partial charge in [-0.15, -0.1) is 0 Å². The van der Waals surface area contributed by atoms with Gasteiger partial charge in [-0.1, -0.05) is 23.2 Å². The molecule has 2 saturated heterocycles. The van der Waals surface area contributed by atoms with E-state index < -0.39 is 11.4 Å². The summed E-state index contributed by atoms with van der Waals surface area (Å²) in [5.41, 5.74) is -1.04. The third-order valence-corrected chi connectivity index (χ3v) is 7.23. The maximum Gasteiger partial charge on any atom is 0.289 e. The summed E-state index contributed by atoms with van der Waals surface area (Å²) < 4.78 is 9.42. The maximum absolute atomic E-state index is 13.5. The molecule has 0 atom stereocenters. The van der Waals surface area contributed by atoms with Gasteiger partial charge in [0.15, 0.2) is 11.5 Å². The molecule has 0 unspecified atom stereocenters. The highest BCUT2D eigenvalue weighted by Crippen LogP contribution is 2.30. The summed E-state index contributed by atoms with van der Waals surface area (Å²) in [6, 6.07) is 3.29. The van der Waals surface area contributed by atoms with Crippen LogP contribution >= 0.6 is 34.7 Å². The molecule has 2 fully saturated rings. The fraction of sp³-hybridized carbons (Fsp3) is 0.474. The van der Waals surface area contributed by atoms with E-state index in [-0.39, 0.29) is 32.6 Å². The second kappa shape index (κ2) is 9.15. The standard InChI is InChI=1S/C19H21Cl2N5O4S/c20-13-14(24-31-15(13)21)16(27)23-19(3-5-22-6-4-19)18(29)26-9-7-25(8-10-26)17(28)12-2-1-11-30-12/h1-2,11,22H,3-10H2,(H,23,27). The molecule has 2 aliphatic heterocycles. The van der Waals surface area contributed by atoms with Crippen LogP contribution in [-0.2, 0) is 4.79 Å². The number of aromatic nitrogens is 1. The molecule has 0 aromatic carbocycles. The van der Waals surface area contributed by atoms with Crippen LogP contribution in [0.3, 0.4) is 0 Å². The van der Waals surface area contributed by atoms with Gasteiger partial charge in [0, 0.05) is 26.2 Å². The zero-order valence-electron chi connectivity index (χ0n) is 16.5. The molecule has 2 aromatic rings. The number of halogens is 2. The highest BCUT2D eigenvalue weighted by atomic mass is 35.5. The van der Waals surface area contributed by atoms with Crippen molar-refractivity contribution in [2.75, 3.05) is 39.3 Å². The monoisotopic (exact) mass is 485 g/mol. The van der Waals surface area contributed by atoms with Gasteiger partial charge in [-0.3, -0.25) is 14.4 Å². The zero-order valence-corrected chi connectivity index (χ0v) is 18.9. The number of piperazine rings is 1. The number of amides is 3. The van der Waals surface area contributed by atoms with E-state index in [9.17, 15) is 14.4 Å². The highest BCUT2D eigenvalue weighted by Gasteiger charge is 2.45. The molecular formula is C19H21Cl2N5O4S. The molecular weight excluding hydrogens is 465 g/mol. The number of carbonyl (C=O) groups excluding carboxylic acids is 3. The number of hydrogen-bond donors (Lipinski definition) is 2. The Morgan fingerprint density at radius 1 is 1.13 bits per heavy atom. The number of nitrogens with zero attached hydrogens (tertiary/aromatic N) is 3. The van der Waals surface area contributed by atoms with E-state index in [1.54, 1.807) is 21.9 Å². The third kappa shape index (κ3) is 4.43. The van der Waals surface area contributed by atoms with Crippen molar-refractivity contribution in [3.63, 3.8) is 0 Å². The van der Waals surface area contributed by atoms with Gasteiger partial charge < -0.3 is 24.9 Å². The second-order valence-electron chi connectivity index (χ2n) is 7.47. The van der Waals surface area contributed by atoms with Crippen molar-refractivity contribution >= 4 is 52.5 Å². The number of rotatable bonds is 4. The van der Waals surface area contributed by atoms with E-state index in [1.807, 2.05) is 0 Å². The van der Waals surface area contributed by atoms with Crippen molar-refractivity contribution in [1.29, 1.82) is 0 Å². The molecule has 3 amide bonds. The normalized spacial score (nSPS) is 18.6. The largest absolute Gasteiger partial charge is 0.459 e. The van der Waals surface area contributed by atoms with Crippen LogP contribution in [0.25, 0.3) is 0 Å². The van der Waals surface area contributed by atoms with Gasteiger partial charge in [-0.05, 0) is 49.6 Å². The minimum absolute atomic E-state index is 0.0243. The van der Waals surface area contributed by atoms with Crippen LogP contribution in [0.4, 0.5) is 0 Å². The summed E-state index contributed by atoms with van der Waals surface area (Å²) in [5, 5.41) is 6.20. The number of hydrogen-bond acceptors (Lipinski definition) is 7. The summed E-state index contributed by atoms with van der Waals surface area (Å²) in [5.74, 6) is -0.599. The minimum atomic E-state index is -1.06.